The van der Waals surface area contributed by atoms with Gasteiger partial charge in [0.05, 0.1) is 6.57 Å². The second-order valence-corrected chi connectivity index (χ2v) is 2.44. The molecule has 0 heterocycles. The molecule has 0 aromatic heterocycles. The molecule has 1 aromatic carbocycles. The monoisotopic (exact) mass is 146 g/mol. The SMILES string of the molecule is [C-]#[N+]c1ccc(CN)cc1C. The molecule has 1 rings (SSSR count). The van der Waals surface area contributed by atoms with E-state index in [1.165, 1.54) is 0 Å². The van der Waals surface area contributed by atoms with Crippen LogP contribution in [-0.2, 0) is 6.54 Å². The summed E-state index contributed by atoms with van der Waals surface area (Å²) in [6.07, 6.45) is 0. The van der Waals surface area contributed by atoms with Gasteiger partial charge in [-0.2, -0.15) is 0 Å². The van der Waals surface area contributed by atoms with E-state index in [0.717, 1.165) is 11.1 Å². The number of rotatable bonds is 1. The minimum absolute atomic E-state index is 0.541. The van der Waals surface area contributed by atoms with Gasteiger partial charge in [0.15, 0.2) is 5.69 Å². The fourth-order valence-corrected chi connectivity index (χ4v) is 0.970. The van der Waals surface area contributed by atoms with E-state index in [9.17, 15) is 0 Å². The van der Waals surface area contributed by atoms with Crippen molar-refractivity contribution in [3.63, 3.8) is 0 Å². The van der Waals surface area contributed by atoms with E-state index >= 15 is 0 Å². The predicted octanol–water partition coefficient (Wildman–Crippen LogP) is 2.00. The van der Waals surface area contributed by atoms with Gasteiger partial charge in [-0.3, -0.25) is 0 Å². The summed E-state index contributed by atoms with van der Waals surface area (Å²) in [5, 5.41) is 0. The van der Waals surface area contributed by atoms with E-state index in [-0.39, 0.29) is 0 Å². The third-order valence-corrected chi connectivity index (χ3v) is 1.62. The summed E-state index contributed by atoms with van der Waals surface area (Å²) in [6.45, 7) is 9.27. The second-order valence-electron chi connectivity index (χ2n) is 2.44. The van der Waals surface area contributed by atoms with E-state index in [1.54, 1.807) is 0 Å². The minimum atomic E-state index is 0.541. The molecule has 0 fully saturated rings. The van der Waals surface area contributed by atoms with E-state index in [1.807, 2.05) is 25.1 Å². The van der Waals surface area contributed by atoms with Gasteiger partial charge in [0, 0.05) is 6.54 Å². The molecule has 0 unspecified atom stereocenters. The highest BCUT2D eigenvalue weighted by Gasteiger charge is 1.96. The van der Waals surface area contributed by atoms with Gasteiger partial charge in [0.2, 0.25) is 0 Å². The maximum atomic E-state index is 6.81. The average Bonchev–Trinajstić information content (AvgIpc) is 2.04. The van der Waals surface area contributed by atoms with Gasteiger partial charge in [0.1, 0.15) is 0 Å². The lowest BCUT2D eigenvalue weighted by Crippen LogP contribution is -1.95. The lowest BCUT2D eigenvalue weighted by molar-refractivity contribution is 1.07. The molecule has 2 N–H and O–H groups in total. The second kappa shape index (κ2) is 3.18. The van der Waals surface area contributed by atoms with Crippen LogP contribution in [0.1, 0.15) is 11.1 Å². The number of hydrogen-bond donors (Lipinski definition) is 1. The first kappa shape index (κ1) is 7.77. The Morgan fingerprint density at radius 2 is 2.27 bits per heavy atom. The number of nitrogens with two attached hydrogens (primary N) is 1. The summed E-state index contributed by atoms with van der Waals surface area (Å²) in [4.78, 5) is 3.35. The van der Waals surface area contributed by atoms with Gasteiger partial charge < -0.3 is 5.73 Å². The highest BCUT2D eigenvalue weighted by molar-refractivity contribution is 5.52. The Labute approximate surface area is 66.5 Å². The smallest absolute Gasteiger partial charge is 0.190 e. The third kappa shape index (κ3) is 1.57. The van der Waals surface area contributed by atoms with Crippen molar-refractivity contribution in [3.05, 3.63) is 40.7 Å². The molecule has 0 atom stereocenters. The molecule has 0 saturated carbocycles. The topological polar surface area (TPSA) is 30.4 Å². The first-order valence-corrected chi connectivity index (χ1v) is 3.45. The number of aryl methyl sites for hydroxylation is 1. The normalized spacial score (nSPS) is 9.18. The molecule has 2 heteroatoms. The molecule has 11 heavy (non-hydrogen) atoms. The molecule has 0 saturated heterocycles. The Balaban J connectivity index is 3.12. The molecule has 0 amide bonds. The molecular formula is C9H10N2. The molecule has 0 bridgehead atoms. The predicted molar refractivity (Wildman–Crippen MR) is 45.3 cm³/mol. The van der Waals surface area contributed by atoms with Crippen LogP contribution in [0.2, 0.25) is 0 Å². The zero-order chi connectivity index (χ0) is 8.27. The van der Waals surface area contributed by atoms with Crippen LogP contribution < -0.4 is 5.73 Å². The maximum Gasteiger partial charge on any atom is 0.190 e. The van der Waals surface area contributed by atoms with Gasteiger partial charge in [-0.15, -0.1) is 0 Å². The maximum absolute atomic E-state index is 6.81. The van der Waals surface area contributed by atoms with Gasteiger partial charge in [-0.1, -0.05) is 18.2 Å². The molecule has 0 aliphatic heterocycles. The molecular weight excluding hydrogens is 136 g/mol. The molecule has 0 spiro atoms. The van der Waals surface area contributed by atoms with Gasteiger partial charge in [0.25, 0.3) is 0 Å². The first-order valence-electron chi connectivity index (χ1n) is 3.45. The largest absolute Gasteiger partial charge is 0.326 e. The lowest BCUT2D eigenvalue weighted by Gasteiger charge is -1.99. The Hall–Kier alpha value is -1.33. The molecule has 1 aromatic rings. The number of hydrogen-bond acceptors (Lipinski definition) is 1. The van der Waals surface area contributed by atoms with Crippen LogP contribution >= 0.6 is 0 Å². The lowest BCUT2D eigenvalue weighted by atomic mass is 10.1. The van der Waals surface area contributed by atoms with Crippen LogP contribution in [-0.4, -0.2) is 0 Å². The van der Waals surface area contributed by atoms with Crippen LogP contribution in [0.3, 0.4) is 0 Å². The zero-order valence-electron chi connectivity index (χ0n) is 6.46. The van der Waals surface area contributed by atoms with Gasteiger partial charge >= 0.3 is 0 Å². The molecule has 2 nitrogen and oxygen atoms in total. The van der Waals surface area contributed by atoms with Crippen molar-refractivity contribution in [2.24, 2.45) is 5.73 Å². The van der Waals surface area contributed by atoms with Crippen molar-refractivity contribution >= 4 is 5.69 Å². The average molecular weight is 146 g/mol. The summed E-state index contributed by atoms with van der Waals surface area (Å²) in [5.41, 5.74) is 8.22. The van der Waals surface area contributed by atoms with Crippen molar-refractivity contribution < 1.29 is 0 Å². The fraction of sp³-hybridized carbons (Fsp3) is 0.222. The van der Waals surface area contributed by atoms with Crippen molar-refractivity contribution in [1.29, 1.82) is 0 Å². The minimum Gasteiger partial charge on any atom is -0.326 e. The summed E-state index contributed by atoms with van der Waals surface area (Å²) in [5.74, 6) is 0. The Morgan fingerprint density at radius 3 is 2.73 bits per heavy atom. The van der Waals surface area contributed by atoms with Crippen LogP contribution in [0.5, 0.6) is 0 Å². The quantitative estimate of drug-likeness (QED) is 0.603. The van der Waals surface area contributed by atoms with E-state index < -0.39 is 0 Å². The molecule has 0 radical (unpaired) electrons. The molecule has 56 valence electrons. The van der Waals surface area contributed by atoms with Crippen LogP contribution in [0.15, 0.2) is 18.2 Å². The highest BCUT2D eigenvalue weighted by Crippen LogP contribution is 2.18. The Morgan fingerprint density at radius 1 is 1.55 bits per heavy atom. The number of nitrogens with zero attached hydrogens (tertiary/aromatic N) is 1. The summed E-state index contributed by atoms with van der Waals surface area (Å²) >= 11 is 0. The van der Waals surface area contributed by atoms with E-state index in [2.05, 4.69) is 4.85 Å². The first-order chi connectivity index (χ1) is 5.27. The Kier molecular flexibility index (Phi) is 2.25. The van der Waals surface area contributed by atoms with Crippen molar-refractivity contribution in [3.8, 4) is 0 Å². The number of benzene rings is 1. The van der Waals surface area contributed by atoms with E-state index in [0.29, 0.717) is 12.2 Å². The van der Waals surface area contributed by atoms with Crippen molar-refractivity contribution in [1.82, 2.24) is 0 Å². The van der Waals surface area contributed by atoms with Crippen LogP contribution in [0, 0.1) is 13.5 Å². The van der Waals surface area contributed by atoms with E-state index in [4.69, 9.17) is 12.3 Å². The summed E-state index contributed by atoms with van der Waals surface area (Å²) in [6, 6.07) is 5.65. The third-order valence-electron chi connectivity index (χ3n) is 1.62. The summed E-state index contributed by atoms with van der Waals surface area (Å²) < 4.78 is 0. The van der Waals surface area contributed by atoms with Crippen LogP contribution in [0.25, 0.3) is 4.85 Å². The highest BCUT2D eigenvalue weighted by atomic mass is 14.6. The van der Waals surface area contributed by atoms with Gasteiger partial charge in [-0.05, 0) is 18.1 Å². The van der Waals surface area contributed by atoms with Crippen molar-refractivity contribution in [2.45, 2.75) is 13.5 Å². The molecule has 0 aliphatic carbocycles. The standard InChI is InChI=1S/C9H10N2/c1-7-5-8(6-10)3-4-9(7)11-2/h3-5H,6,10H2,1H3. The fourth-order valence-electron chi connectivity index (χ4n) is 0.970. The Bertz CT molecular complexity index is 297. The van der Waals surface area contributed by atoms with Gasteiger partial charge in [-0.25, -0.2) is 4.85 Å². The zero-order valence-corrected chi connectivity index (χ0v) is 6.46. The van der Waals surface area contributed by atoms with Crippen LogP contribution in [0.4, 0.5) is 5.69 Å². The summed E-state index contributed by atoms with van der Waals surface area (Å²) in [7, 11) is 0. The van der Waals surface area contributed by atoms with Crippen molar-refractivity contribution in [2.75, 3.05) is 0 Å². The molecule has 0 aliphatic rings.